The van der Waals surface area contributed by atoms with Gasteiger partial charge in [0, 0.05) is 16.7 Å². The Balaban J connectivity index is 2.07. The number of halogens is 10. The van der Waals surface area contributed by atoms with Crippen molar-refractivity contribution in [2.45, 2.75) is 47.9 Å². The third-order valence-corrected chi connectivity index (χ3v) is 8.12. The Labute approximate surface area is 228 Å². The molecule has 3 aromatic rings. The van der Waals surface area contributed by atoms with Crippen molar-refractivity contribution in [3.05, 3.63) is 124 Å². The molecule has 0 heterocycles. The molecule has 40 heavy (non-hydrogen) atoms. The molecule has 1 radical (unpaired) electrons. The van der Waals surface area contributed by atoms with Crippen molar-refractivity contribution in [1.29, 1.82) is 0 Å². The summed E-state index contributed by atoms with van der Waals surface area (Å²) < 4.78 is 143. The third kappa shape index (κ3) is 5.01. The summed E-state index contributed by atoms with van der Waals surface area (Å²) in [6.07, 6.45) is -4.34. The summed E-state index contributed by atoms with van der Waals surface area (Å²) >= 11 is -1.10. The first-order valence-corrected chi connectivity index (χ1v) is 12.6. The van der Waals surface area contributed by atoms with Crippen LogP contribution in [0.4, 0.5) is 43.9 Å². The lowest BCUT2D eigenvalue weighted by Gasteiger charge is -2.49. The monoisotopic (exact) mass is 591 g/mol. The van der Waals surface area contributed by atoms with Gasteiger partial charge in [-0.3, -0.25) is 0 Å². The first kappa shape index (κ1) is 30.0. The molecule has 3 aromatic carbocycles. The van der Waals surface area contributed by atoms with Crippen molar-refractivity contribution in [2.24, 2.45) is 0 Å². The van der Waals surface area contributed by atoms with Gasteiger partial charge in [-0.05, 0) is 58.0 Å². The summed E-state index contributed by atoms with van der Waals surface area (Å²) in [5.74, 6) is -10.9. The molecule has 0 aliphatic heterocycles. The Bertz CT molecular complexity index is 1430. The van der Waals surface area contributed by atoms with Gasteiger partial charge >= 0.3 is 17.4 Å². The Hall–Kier alpha value is -2.95. The molecule has 0 spiro atoms. The average Bonchev–Trinajstić information content (AvgIpc) is 2.84. The Morgan fingerprint density at radius 1 is 0.650 bits per heavy atom. The molecule has 4 rings (SSSR count). The number of rotatable bonds is 6. The predicted octanol–water partition coefficient (Wildman–Crippen LogP) is 9.73. The molecule has 11 heteroatoms. The number of hydrogen-bond acceptors (Lipinski definition) is 1. The van der Waals surface area contributed by atoms with Gasteiger partial charge in [0.25, 0.3) is 0 Å². The van der Waals surface area contributed by atoms with Gasteiger partial charge in [0.2, 0.25) is 0 Å². The largest absolute Gasteiger partial charge is 0.460 e. The Kier molecular flexibility index (Phi) is 7.62. The van der Waals surface area contributed by atoms with Crippen LogP contribution in [0.5, 0.6) is 0 Å². The summed E-state index contributed by atoms with van der Waals surface area (Å²) in [7, 11) is 0. The van der Waals surface area contributed by atoms with Gasteiger partial charge in [-0.25, -0.2) is 13.2 Å². The second kappa shape index (κ2) is 10.2. The van der Waals surface area contributed by atoms with Crippen LogP contribution in [-0.4, -0.2) is 17.4 Å². The van der Waals surface area contributed by atoms with E-state index in [-0.39, 0.29) is 16.7 Å². The summed E-state index contributed by atoms with van der Waals surface area (Å²) in [5, 5.41) is -5.77. The van der Waals surface area contributed by atoms with E-state index in [1.807, 2.05) is 0 Å². The quantitative estimate of drug-likeness (QED) is 0.257. The summed E-state index contributed by atoms with van der Waals surface area (Å²) in [4.78, 5) is -0.821. The van der Waals surface area contributed by atoms with E-state index in [1.165, 1.54) is 68.8 Å². The average molecular weight is 592 g/mol. The van der Waals surface area contributed by atoms with Gasteiger partial charge in [-0.1, -0.05) is 74.5 Å². The van der Waals surface area contributed by atoms with E-state index < -0.39 is 68.2 Å². The minimum Gasteiger partial charge on any atom is -0.207 e. The lowest BCUT2D eigenvalue weighted by molar-refractivity contribution is -0.330. The minimum atomic E-state index is -6.62. The fourth-order valence-electron chi connectivity index (χ4n) is 5.26. The van der Waals surface area contributed by atoms with E-state index in [0.717, 1.165) is 30.3 Å². The van der Waals surface area contributed by atoms with Crippen LogP contribution in [0, 0.1) is 23.9 Å². The number of allylic oxidation sites excluding steroid dienone is 2. The van der Waals surface area contributed by atoms with Crippen LogP contribution in [0.15, 0.2) is 83.8 Å². The molecular weight excluding hydrogens is 570 g/mol. The molecule has 0 fully saturated rings. The van der Waals surface area contributed by atoms with E-state index in [1.54, 1.807) is 0 Å². The van der Waals surface area contributed by atoms with Crippen molar-refractivity contribution in [3.63, 3.8) is 0 Å². The standard InChI is InChI=1S/C29H21F10S/c1-25(18-10-4-7-13-21(18)31)15-23(40-29(38,39)27(33,34)28(35,36)37)24(17-9-3-6-12-20(17)30)26(2,16-25)19-11-5-8-14-22(19)32/h3-16,24H,1-2H3. The maximum atomic E-state index is 15.3. The zero-order valence-corrected chi connectivity index (χ0v) is 21.7. The van der Waals surface area contributed by atoms with E-state index in [9.17, 15) is 30.7 Å². The molecule has 3 atom stereocenters. The fraction of sp³-hybridized carbons (Fsp3) is 0.276. The maximum Gasteiger partial charge on any atom is 0.460 e. The molecule has 1 aliphatic rings. The molecule has 0 saturated carbocycles. The van der Waals surface area contributed by atoms with Crippen LogP contribution in [0.25, 0.3) is 0 Å². The highest BCUT2D eigenvalue weighted by molar-refractivity contribution is 8.04. The highest BCUT2D eigenvalue weighted by Crippen LogP contribution is 2.63. The van der Waals surface area contributed by atoms with Crippen molar-refractivity contribution >= 4 is 11.8 Å². The van der Waals surface area contributed by atoms with Crippen molar-refractivity contribution in [3.8, 4) is 0 Å². The number of hydrogen-bond donors (Lipinski definition) is 0. The van der Waals surface area contributed by atoms with Gasteiger partial charge in [0.1, 0.15) is 17.5 Å². The topological polar surface area (TPSA) is 0 Å². The summed E-state index contributed by atoms with van der Waals surface area (Å²) in [5.41, 5.74) is -4.29. The molecule has 213 valence electrons. The molecule has 0 N–H and O–H groups in total. The minimum absolute atomic E-state index is 0.145. The second-order valence-corrected chi connectivity index (χ2v) is 11.0. The van der Waals surface area contributed by atoms with E-state index in [4.69, 9.17) is 0 Å². The molecular formula is C29H21F10S. The zero-order chi connectivity index (χ0) is 29.7. The summed E-state index contributed by atoms with van der Waals surface area (Å²) in [6, 6.07) is 14.8. The summed E-state index contributed by atoms with van der Waals surface area (Å²) in [6.45, 7) is 2.64. The second-order valence-electron chi connectivity index (χ2n) is 9.86. The smallest absolute Gasteiger partial charge is 0.207 e. The predicted molar refractivity (Wildman–Crippen MR) is 133 cm³/mol. The number of alkyl halides is 7. The van der Waals surface area contributed by atoms with Gasteiger partial charge in [-0.2, -0.15) is 30.7 Å². The van der Waals surface area contributed by atoms with Crippen LogP contribution in [-0.2, 0) is 10.8 Å². The number of benzene rings is 3. The molecule has 0 saturated heterocycles. The van der Waals surface area contributed by atoms with Crippen LogP contribution in [0.1, 0.15) is 36.5 Å². The van der Waals surface area contributed by atoms with Crippen LogP contribution in [0.2, 0.25) is 0 Å². The Morgan fingerprint density at radius 3 is 1.62 bits per heavy atom. The SMILES string of the molecule is CC1(c2ccccc2F)[CH]C(C)(c2ccccc2F)C(c2ccccc2F)C(SC(F)(F)C(F)(F)C(F)(F)F)=C1. The molecule has 0 nitrogen and oxygen atoms in total. The fourth-order valence-corrected chi connectivity index (χ4v) is 6.59. The normalized spacial score (nSPS) is 24.1. The maximum absolute atomic E-state index is 15.3. The van der Waals surface area contributed by atoms with E-state index in [2.05, 4.69) is 0 Å². The Morgan fingerprint density at radius 2 is 1.12 bits per heavy atom. The van der Waals surface area contributed by atoms with Gasteiger partial charge in [0.15, 0.2) is 0 Å². The molecule has 0 aromatic heterocycles. The lowest BCUT2D eigenvalue weighted by atomic mass is 9.56. The van der Waals surface area contributed by atoms with Crippen LogP contribution >= 0.6 is 11.8 Å². The van der Waals surface area contributed by atoms with E-state index >= 15 is 13.2 Å². The van der Waals surface area contributed by atoms with Gasteiger partial charge < -0.3 is 0 Å². The molecule has 0 amide bonds. The molecule has 0 bridgehead atoms. The van der Waals surface area contributed by atoms with Crippen LogP contribution < -0.4 is 0 Å². The van der Waals surface area contributed by atoms with E-state index in [0.29, 0.717) is 0 Å². The van der Waals surface area contributed by atoms with Gasteiger partial charge in [-0.15, -0.1) is 0 Å². The van der Waals surface area contributed by atoms with Crippen molar-refractivity contribution < 1.29 is 43.9 Å². The van der Waals surface area contributed by atoms with Gasteiger partial charge in [0.05, 0.1) is 0 Å². The third-order valence-electron chi connectivity index (χ3n) is 7.02. The molecule has 3 unspecified atom stereocenters. The van der Waals surface area contributed by atoms with Crippen molar-refractivity contribution in [1.82, 2.24) is 0 Å². The zero-order valence-electron chi connectivity index (χ0n) is 20.8. The highest BCUT2D eigenvalue weighted by atomic mass is 32.2. The lowest BCUT2D eigenvalue weighted by Crippen LogP contribution is -2.51. The first-order valence-electron chi connectivity index (χ1n) is 11.8. The highest BCUT2D eigenvalue weighted by Gasteiger charge is 2.74. The first-order chi connectivity index (χ1) is 18.4. The van der Waals surface area contributed by atoms with Crippen molar-refractivity contribution in [2.75, 3.05) is 0 Å². The van der Waals surface area contributed by atoms with Crippen LogP contribution in [0.3, 0.4) is 0 Å². The molecule has 1 aliphatic carbocycles. The number of thioether (sulfide) groups is 1.